The molecular formula is C38H39ClN2O10. The third kappa shape index (κ3) is 5.86. The van der Waals surface area contributed by atoms with Gasteiger partial charge in [-0.05, 0) is 35.7 Å². The Hall–Kier alpha value is -5.36. The number of Topliss-reactive ketones (excluding diaryl/α,β-unsaturated/α-hetero) is 2. The topological polar surface area (TPSA) is 155 Å². The van der Waals surface area contributed by atoms with E-state index >= 15 is 0 Å². The van der Waals surface area contributed by atoms with Crippen LogP contribution in [0.4, 0.5) is 0 Å². The number of amides is 1. The Morgan fingerprint density at radius 1 is 1.00 bits per heavy atom. The summed E-state index contributed by atoms with van der Waals surface area (Å²) in [5.74, 6) is -2.89. The number of methoxy groups -OCH3 is 5. The lowest BCUT2D eigenvalue weighted by molar-refractivity contribution is -0.121. The minimum absolute atomic E-state index is 0.00716. The van der Waals surface area contributed by atoms with Gasteiger partial charge in [-0.2, -0.15) is 0 Å². The Morgan fingerprint density at radius 3 is 2.31 bits per heavy atom. The van der Waals surface area contributed by atoms with Crippen LogP contribution >= 0.6 is 11.6 Å². The second-order valence-corrected chi connectivity index (χ2v) is 12.8. The summed E-state index contributed by atoms with van der Waals surface area (Å²) in [7, 11) is 7.14. The van der Waals surface area contributed by atoms with Crippen molar-refractivity contribution >= 4 is 40.0 Å². The molecule has 51 heavy (non-hydrogen) atoms. The molecule has 0 saturated heterocycles. The maximum absolute atomic E-state index is 14.4. The highest BCUT2D eigenvalue weighted by atomic mass is 35.5. The molecule has 3 N–H and O–H groups in total. The largest absolute Gasteiger partial charge is 0.507 e. The van der Waals surface area contributed by atoms with Crippen molar-refractivity contribution in [2.24, 2.45) is 5.92 Å². The number of halogens is 1. The fraction of sp³-hybridized carbons (Fsp3) is 0.342. The molecule has 1 amide bonds. The lowest BCUT2D eigenvalue weighted by Gasteiger charge is -2.38. The number of benzene rings is 3. The number of hydrogen-bond donors (Lipinski definition) is 3. The molecule has 0 saturated carbocycles. The van der Waals surface area contributed by atoms with Gasteiger partial charge in [-0.15, -0.1) is 0 Å². The number of nitrogens with one attached hydrogen (secondary N) is 2. The van der Waals surface area contributed by atoms with Crippen molar-refractivity contribution in [3.05, 3.63) is 81.7 Å². The first-order valence-electron chi connectivity index (χ1n) is 16.3. The van der Waals surface area contributed by atoms with Crippen LogP contribution in [0, 0.1) is 5.92 Å². The number of aliphatic hydroxyl groups is 1. The molecule has 2 aliphatic rings. The molecule has 0 radical (unpaired) electrons. The number of carbonyl (C=O) groups is 3. The molecule has 13 heteroatoms. The Morgan fingerprint density at radius 2 is 1.67 bits per heavy atom. The monoisotopic (exact) mass is 718 g/mol. The number of aliphatic hydroxyl groups excluding tert-OH is 1. The van der Waals surface area contributed by atoms with Gasteiger partial charge in [0.05, 0.1) is 35.5 Å². The van der Waals surface area contributed by atoms with Crippen molar-refractivity contribution in [2.75, 3.05) is 42.1 Å². The smallest absolute Gasteiger partial charge is 0.231 e. The molecule has 12 nitrogen and oxygen atoms in total. The summed E-state index contributed by atoms with van der Waals surface area (Å²) < 4.78 is 33.9. The zero-order valence-corrected chi connectivity index (χ0v) is 29.9. The van der Waals surface area contributed by atoms with Crippen LogP contribution in [0.15, 0.2) is 60.0 Å². The third-order valence-electron chi connectivity index (χ3n) is 9.73. The number of fused-ring (bicyclic) bond motifs is 2. The molecule has 1 aromatic heterocycles. The van der Waals surface area contributed by atoms with Crippen LogP contribution in [0.25, 0.3) is 10.9 Å². The predicted molar refractivity (Wildman–Crippen MR) is 189 cm³/mol. The summed E-state index contributed by atoms with van der Waals surface area (Å²) in [5.41, 5.74) is 0.238. The first kappa shape index (κ1) is 35.5. The van der Waals surface area contributed by atoms with E-state index in [2.05, 4.69) is 10.3 Å². The normalized spacial score (nSPS) is 18.8. The van der Waals surface area contributed by atoms with Gasteiger partial charge >= 0.3 is 0 Å². The zero-order valence-electron chi connectivity index (χ0n) is 29.1. The van der Waals surface area contributed by atoms with Crippen LogP contribution in [0.2, 0.25) is 5.02 Å². The molecule has 0 bridgehead atoms. The molecule has 3 atom stereocenters. The van der Waals surface area contributed by atoms with Crippen molar-refractivity contribution in [3.63, 3.8) is 0 Å². The quantitative estimate of drug-likeness (QED) is 0.156. The van der Waals surface area contributed by atoms with Crippen LogP contribution in [-0.2, 0) is 16.0 Å². The van der Waals surface area contributed by atoms with Crippen LogP contribution in [0.5, 0.6) is 34.5 Å². The first-order chi connectivity index (χ1) is 24.5. The van der Waals surface area contributed by atoms with Gasteiger partial charge in [-0.25, -0.2) is 0 Å². The van der Waals surface area contributed by atoms with Gasteiger partial charge in [-0.3, -0.25) is 14.4 Å². The van der Waals surface area contributed by atoms with E-state index in [1.165, 1.54) is 41.6 Å². The van der Waals surface area contributed by atoms with Crippen molar-refractivity contribution in [3.8, 4) is 34.5 Å². The van der Waals surface area contributed by atoms with Gasteiger partial charge in [0.2, 0.25) is 23.0 Å². The van der Waals surface area contributed by atoms with Crippen molar-refractivity contribution in [1.29, 1.82) is 0 Å². The van der Waals surface area contributed by atoms with Crippen LogP contribution in [0.3, 0.4) is 0 Å². The summed E-state index contributed by atoms with van der Waals surface area (Å²) in [6.07, 6.45) is 2.00. The lowest BCUT2D eigenvalue weighted by atomic mass is 9.69. The highest BCUT2D eigenvalue weighted by Gasteiger charge is 2.61. The van der Waals surface area contributed by atoms with Gasteiger partial charge < -0.3 is 43.8 Å². The standard InChI is InChI=1S/C38H39ClN2O10/c1-19-13-25(42)31(36(44)38(19)37(45)32-26(46-2)17-27(47-3)33(39)35(32)51-38)23(21-14-28(48-4)34(50-6)29(15-21)49-5)16-30(43)40-12-11-20-18-41-24-10-8-7-9-22(20)24/h7-10,14-15,17-19,23,41,44H,11-13,16H2,1-6H3,(H,40,43)/t19-,23?,38+/m1/s1. The van der Waals surface area contributed by atoms with E-state index in [-0.39, 0.29) is 57.7 Å². The Kier molecular flexibility index (Phi) is 9.81. The van der Waals surface area contributed by atoms with E-state index in [9.17, 15) is 19.5 Å². The van der Waals surface area contributed by atoms with Gasteiger partial charge in [0, 0.05) is 60.0 Å². The maximum Gasteiger partial charge on any atom is 0.231 e. The number of H-pyrrole nitrogens is 1. The number of carbonyl (C=O) groups excluding carboxylic acids is 3. The Labute approximate surface area is 299 Å². The van der Waals surface area contributed by atoms with Gasteiger partial charge in [0.25, 0.3) is 0 Å². The average molecular weight is 719 g/mol. The van der Waals surface area contributed by atoms with Crippen molar-refractivity contribution in [1.82, 2.24) is 10.3 Å². The number of rotatable bonds is 12. The second-order valence-electron chi connectivity index (χ2n) is 12.4. The number of aromatic nitrogens is 1. The molecule has 1 aliphatic heterocycles. The van der Waals surface area contributed by atoms with Crippen LogP contribution in [0.1, 0.15) is 47.2 Å². The molecule has 2 heterocycles. The lowest BCUT2D eigenvalue weighted by Crippen LogP contribution is -2.53. The van der Waals surface area contributed by atoms with E-state index in [4.69, 9.17) is 40.0 Å². The zero-order chi connectivity index (χ0) is 36.6. The Balaban J connectivity index is 1.43. The van der Waals surface area contributed by atoms with Crippen molar-refractivity contribution in [2.45, 2.75) is 37.7 Å². The molecule has 0 fully saturated rings. The number of aromatic amines is 1. The Bertz CT molecular complexity index is 2050. The van der Waals surface area contributed by atoms with Gasteiger partial charge in [0.1, 0.15) is 22.1 Å². The van der Waals surface area contributed by atoms with Crippen LogP contribution < -0.4 is 33.7 Å². The van der Waals surface area contributed by atoms with Crippen molar-refractivity contribution < 1.29 is 47.9 Å². The highest BCUT2D eigenvalue weighted by Crippen LogP contribution is 2.56. The van der Waals surface area contributed by atoms with E-state index in [1.807, 2.05) is 30.5 Å². The van der Waals surface area contributed by atoms with Gasteiger partial charge in [0.15, 0.2) is 28.8 Å². The third-order valence-corrected chi connectivity index (χ3v) is 10.1. The van der Waals surface area contributed by atoms with E-state index in [0.29, 0.717) is 24.3 Å². The number of hydrogen-bond acceptors (Lipinski definition) is 10. The minimum atomic E-state index is -2.04. The van der Waals surface area contributed by atoms with E-state index < -0.39 is 40.7 Å². The summed E-state index contributed by atoms with van der Waals surface area (Å²) in [6, 6.07) is 12.6. The average Bonchev–Trinajstić information content (AvgIpc) is 3.69. The SMILES string of the molecule is COc1cc(OC)c2c(c1Cl)O[C@]1(C2=O)C(O)=C(C(CC(=O)NCCc2c[nH]c3ccccc23)c2cc(OC)c(OC)c(OC)c2)C(=O)C[C@H]1C. The molecule has 4 aromatic rings. The summed E-state index contributed by atoms with van der Waals surface area (Å²) in [6.45, 7) is 1.94. The number of ether oxygens (including phenoxy) is 6. The molecule has 3 aromatic carbocycles. The number of allylic oxidation sites excluding steroid dienone is 1. The fourth-order valence-corrected chi connectivity index (χ4v) is 7.42. The predicted octanol–water partition coefficient (Wildman–Crippen LogP) is 6.13. The summed E-state index contributed by atoms with van der Waals surface area (Å²) >= 11 is 6.63. The molecule has 268 valence electrons. The summed E-state index contributed by atoms with van der Waals surface area (Å²) in [4.78, 5) is 45.5. The molecular weight excluding hydrogens is 680 g/mol. The van der Waals surface area contributed by atoms with Gasteiger partial charge in [-0.1, -0.05) is 36.7 Å². The van der Waals surface area contributed by atoms with E-state index in [0.717, 1.165) is 16.5 Å². The van der Waals surface area contributed by atoms with Crippen LogP contribution in [-0.4, -0.2) is 75.3 Å². The first-order valence-corrected chi connectivity index (χ1v) is 16.7. The molecule has 1 unspecified atom stereocenters. The molecule has 1 spiro atoms. The van der Waals surface area contributed by atoms with E-state index in [1.54, 1.807) is 19.1 Å². The minimum Gasteiger partial charge on any atom is -0.507 e. The highest BCUT2D eigenvalue weighted by molar-refractivity contribution is 6.35. The molecule has 6 rings (SSSR count). The second kappa shape index (κ2) is 14.1. The number of para-hydroxylation sites is 1. The fourth-order valence-electron chi connectivity index (χ4n) is 7.16. The number of ketones is 2. The summed E-state index contributed by atoms with van der Waals surface area (Å²) in [5, 5.41) is 16.3. The molecule has 1 aliphatic carbocycles. The maximum atomic E-state index is 14.4.